The number of hydrogen-bond acceptors (Lipinski definition) is 2. The number of nitrogens with one attached hydrogen (secondary N) is 1. The second-order valence-electron chi connectivity index (χ2n) is 4.56. The highest BCUT2D eigenvalue weighted by atomic mass is 35.5. The first-order valence-corrected chi connectivity index (χ1v) is 7.05. The molecule has 0 aliphatic rings. The molecular weight excluding hydrogens is 258 g/mol. The van der Waals surface area contributed by atoms with Crippen LogP contribution in [0.2, 0.25) is 5.02 Å². The quantitative estimate of drug-likeness (QED) is 0.906. The monoisotopic (exact) mass is 277 g/mol. The first-order chi connectivity index (χ1) is 9.17. The summed E-state index contributed by atoms with van der Waals surface area (Å²) in [5.41, 5.74) is 2.41. The van der Waals surface area contributed by atoms with Crippen molar-refractivity contribution in [3.05, 3.63) is 52.6 Å². The Balaban J connectivity index is 2.45. The number of imidazole rings is 1. The Morgan fingerprint density at radius 3 is 2.79 bits per heavy atom. The Labute approximate surface area is 119 Å². The molecule has 2 aromatic rings. The first kappa shape index (κ1) is 14.1. The smallest absolute Gasteiger partial charge is 0.130 e. The van der Waals surface area contributed by atoms with Crippen molar-refractivity contribution in [2.75, 3.05) is 6.54 Å². The van der Waals surface area contributed by atoms with E-state index in [0.29, 0.717) is 0 Å². The summed E-state index contributed by atoms with van der Waals surface area (Å²) in [7, 11) is 0. The third-order valence-electron chi connectivity index (χ3n) is 3.30. The van der Waals surface area contributed by atoms with Crippen LogP contribution in [0.15, 0.2) is 30.6 Å². The van der Waals surface area contributed by atoms with Gasteiger partial charge in [0, 0.05) is 24.0 Å². The predicted octanol–water partition coefficient (Wildman–Crippen LogP) is 3.56. The number of nitrogens with zero attached hydrogens (tertiary/aromatic N) is 2. The van der Waals surface area contributed by atoms with Gasteiger partial charge in [-0.2, -0.15) is 0 Å². The summed E-state index contributed by atoms with van der Waals surface area (Å²) in [6.45, 7) is 8.14. The van der Waals surface area contributed by atoms with E-state index in [-0.39, 0.29) is 6.04 Å². The largest absolute Gasteiger partial charge is 0.334 e. The summed E-state index contributed by atoms with van der Waals surface area (Å²) in [6.07, 6.45) is 3.87. The van der Waals surface area contributed by atoms with Gasteiger partial charge in [0.15, 0.2) is 0 Å². The minimum atomic E-state index is 0.109. The predicted molar refractivity (Wildman–Crippen MR) is 79.6 cm³/mol. The number of hydrogen-bond donors (Lipinski definition) is 1. The lowest BCUT2D eigenvalue weighted by Crippen LogP contribution is -2.26. The number of rotatable bonds is 5. The molecule has 0 saturated heterocycles. The van der Waals surface area contributed by atoms with Crippen LogP contribution in [0.4, 0.5) is 0 Å². The van der Waals surface area contributed by atoms with E-state index in [0.717, 1.165) is 23.9 Å². The Bertz CT molecular complexity index is 548. The van der Waals surface area contributed by atoms with Gasteiger partial charge < -0.3 is 9.88 Å². The minimum absolute atomic E-state index is 0.109. The van der Waals surface area contributed by atoms with Crippen LogP contribution in [-0.2, 0) is 6.54 Å². The van der Waals surface area contributed by atoms with E-state index in [1.165, 1.54) is 11.1 Å². The zero-order valence-corrected chi connectivity index (χ0v) is 12.4. The SMILES string of the molecule is CCNC(c1ccc(Cl)cc1C)c1nccn1CC. The molecule has 0 fully saturated rings. The molecule has 0 radical (unpaired) electrons. The maximum atomic E-state index is 6.04. The maximum absolute atomic E-state index is 6.04. The van der Waals surface area contributed by atoms with Gasteiger partial charge in [-0.1, -0.05) is 24.6 Å². The van der Waals surface area contributed by atoms with E-state index in [2.05, 4.69) is 41.7 Å². The maximum Gasteiger partial charge on any atom is 0.130 e. The van der Waals surface area contributed by atoms with Gasteiger partial charge in [-0.25, -0.2) is 4.98 Å². The van der Waals surface area contributed by atoms with Gasteiger partial charge in [-0.05, 0) is 43.7 Å². The molecule has 19 heavy (non-hydrogen) atoms. The highest BCUT2D eigenvalue weighted by Gasteiger charge is 2.19. The van der Waals surface area contributed by atoms with Crippen LogP contribution in [0, 0.1) is 6.92 Å². The molecule has 1 aromatic heterocycles. The van der Waals surface area contributed by atoms with E-state index >= 15 is 0 Å². The lowest BCUT2D eigenvalue weighted by molar-refractivity contribution is 0.557. The fraction of sp³-hybridized carbons (Fsp3) is 0.400. The average molecular weight is 278 g/mol. The Morgan fingerprint density at radius 1 is 1.37 bits per heavy atom. The van der Waals surface area contributed by atoms with E-state index in [4.69, 9.17) is 11.6 Å². The molecule has 1 heterocycles. The van der Waals surface area contributed by atoms with Crippen molar-refractivity contribution < 1.29 is 0 Å². The molecule has 3 nitrogen and oxygen atoms in total. The highest BCUT2D eigenvalue weighted by molar-refractivity contribution is 6.30. The molecule has 0 bridgehead atoms. The summed E-state index contributed by atoms with van der Waals surface area (Å²) in [6, 6.07) is 6.13. The van der Waals surface area contributed by atoms with Gasteiger partial charge in [0.1, 0.15) is 5.82 Å². The Morgan fingerprint density at radius 2 is 2.16 bits per heavy atom. The van der Waals surface area contributed by atoms with Gasteiger partial charge in [-0.15, -0.1) is 0 Å². The van der Waals surface area contributed by atoms with Gasteiger partial charge in [0.25, 0.3) is 0 Å². The van der Waals surface area contributed by atoms with Crippen molar-refractivity contribution >= 4 is 11.6 Å². The normalized spacial score (nSPS) is 12.6. The molecule has 0 aliphatic heterocycles. The van der Waals surface area contributed by atoms with Crippen molar-refractivity contribution in [1.82, 2.24) is 14.9 Å². The third kappa shape index (κ3) is 2.99. The van der Waals surface area contributed by atoms with Crippen molar-refractivity contribution in [1.29, 1.82) is 0 Å². The van der Waals surface area contributed by atoms with Gasteiger partial charge >= 0.3 is 0 Å². The molecule has 1 N–H and O–H groups in total. The molecule has 4 heteroatoms. The molecule has 1 atom stereocenters. The molecule has 0 amide bonds. The van der Waals surface area contributed by atoms with Crippen LogP contribution in [0.5, 0.6) is 0 Å². The van der Waals surface area contributed by atoms with E-state index in [1.807, 2.05) is 24.5 Å². The van der Waals surface area contributed by atoms with E-state index in [1.54, 1.807) is 0 Å². The molecule has 0 saturated carbocycles. The number of aryl methyl sites for hydroxylation is 2. The van der Waals surface area contributed by atoms with Crippen LogP contribution in [0.1, 0.15) is 36.8 Å². The molecular formula is C15H20ClN3. The van der Waals surface area contributed by atoms with E-state index < -0.39 is 0 Å². The van der Waals surface area contributed by atoms with Gasteiger partial charge in [0.05, 0.1) is 6.04 Å². The summed E-state index contributed by atoms with van der Waals surface area (Å²) >= 11 is 6.04. The molecule has 1 aromatic carbocycles. The summed E-state index contributed by atoms with van der Waals surface area (Å²) < 4.78 is 2.17. The van der Waals surface area contributed by atoms with Crippen LogP contribution in [0.25, 0.3) is 0 Å². The summed E-state index contributed by atoms with van der Waals surface area (Å²) in [5, 5.41) is 4.28. The summed E-state index contributed by atoms with van der Waals surface area (Å²) in [4.78, 5) is 4.51. The Kier molecular flexibility index (Phi) is 4.61. The standard InChI is InChI=1S/C15H20ClN3/c1-4-17-14(15-18-8-9-19(15)5-2)13-7-6-12(16)10-11(13)3/h6-10,14,17H,4-5H2,1-3H3. The van der Waals surface area contributed by atoms with Gasteiger partial charge in [0.2, 0.25) is 0 Å². The van der Waals surface area contributed by atoms with Crippen molar-refractivity contribution in [2.45, 2.75) is 33.4 Å². The second kappa shape index (κ2) is 6.22. The average Bonchev–Trinajstić information content (AvgIpc) is 2.85. The van der Waals surface area contributed by atoms with Crippen molar-refractivity contribution in [3.8, 4) is 0 Å². The molecule has 0 aliphatic carbocycles. The minimum Gasteiger partial charge on any atom is -0.334 e. The molecule has 2 rings (SSSR count). The zero-order valence-electron chi connectivity index (χ0n) is 11.7. The number of benzene rings is 1. The topological polar surface area (TPSA) is 29.9 Å². The van der Waals surface area contributed by atoms with Crippen molar-refractivity contribution in [2.24, 2.45) is 0 Å². The van der Waals surface area contributed by atoms with Gasteiger partial charge in [-0.3, -0.25) is 0 Å². The fourth-order valence-corrected chi connectivity index (χ4v) is 2.58. The zero-order chi connectivity index (χ0) is 13.8. The van der Waals surface area contributed by atoms with Crippen LogP contribution < -0.4 is 5.32 Å². The molecule has 0 spiro atoms. The fourth-order valence-electron chi connectivity index (χ4n) is 2.36. The molecule has 102 valence electrons. The van der Waals surface area contributed by atoms with Crippen LogP contribution in [-0.4, -0.2) is 16.1 Å². The highest BCUT2D eigenvalue weighted by Crippen LogP contribution is 2.26. The summed E-state index contributed by atoms with van der Waals surface area (Å²) in [5.74, 6) is 1.05. The van der Waals surface area contributed by atoms with E-state index in [9.17, 15) is 0 Å². The molecule has 1 unspecified atom stereocenters. The number of halogens is 1. The van der Waals surface area contributed by atoms with Crippen LogP contribution in [0.3, 0.4) is 0 Å². The third-order valence-corrected chi connectivity index (χ3v) is 3.53. The lowest BCUT2D eigenvalue weighted by atomic mass is 10.0. The van der Waals surface area contributed by atoms with Crippen LogP contribution >= 0.6 is 11.6 Å². The number of aromatic nitrogens is 2. The van der Waals surface area contributed by atoms with Crippen molar-refractivity contribution in [3.63, 3.8) is 0 Å². The lowest BCUT2D eigenvalue weighted by Gasteiger charge is -2.21. The first-order valence-electron chi connectivity index (χ1n) is 6.67. The Hall–Kier alpha value is -1.32. The second-order valence-corrected chi connectivity index (χ2v) is 5.00.